The molecule has 1 aromatic carbocycles. The molecule has 1 atom stereocenters. The van der Waals surface area contributed by atoms with Gasteiger partial charge in [-0.1, -0.05) is 18.2 Å². The number of thiazole rings is 1. The number of nitrogens with zero attached hydrogens (tertiary/aromatic N) is 3. The first-order valence-electron chi connectivity index (χ1n) is 10.2. The molecule has 1 aliphatic heterocycles. The van der Waals surface area contributed by atoms with Crippen LogP contribution in [0.3, 0.4) is 0 Å². The van der Waals surface area contributed by atoms with Gasteiger partial charge < -0.3 is 14.8 Å². The number of pyridine rings is 1. The lowest BCUT2D eigenvalue weighted by Gasteiger charge is -2.26. The van der Waals surface area contributed by atoms with Crippen molar-refractivity contribution < 1.29 is 9.59 Å². The Morgan fingerprint density at radius 3 is 2.77 bits per heavy atom. The Kier molecular flexibility index (Phi) is 5.99. The molecule has 3 aromatic rings. The van der Waals surface area contributed by atoms with Crippen LogP contribution in [0, 0.1) is 13.8 Å². The van der Waals surface area contributed by atoms with Crippen LogP contribution in [0.25, 0.3) is 0 Å². The van der Waals surface area contributed by atoms with E-state index in [9.17, 15) is 14.4 Å². The highest BCUT2D eigenvalue weighted by molar-refractivity contribution is 7.13. The number of hydrogen-bond acceptors (Lipinski definition) is 5. The highest BCUT2D eigenvalue weighted by Crippen LogP contribution is 2.33. The summed E-state index contributed by atoms with van der Waals surface area (Å²) in [5, 5.41) is 4.88. The molecule has 2 aromatic heterocycles. The number of hydrogen-bond donors (Lipinski definition) is 1. The first kappa shape index (κ1) is 21.0. The molecule has 1 fully saturated rings. The number of anilines is 1. The van der Waals surface area contributed by atoms with Crippen molar-refractivity contribution in [3.05, 3.63) is 80.7 Å². The van der Waals surface area contributed by atoms with Gasteiger partial charge in [0.2, 0.25) is 5.91 Å². The molecule has 1 unspecified atom stereocenters. The van der Waals surface area contributed by atoms with Crippen LogP contribution in [0.5, 0.6) is 0 Å². The molecule has 7 nitrogen and oxygen atoms in total. The maximum atomic E-state index is 13.3. The fourth-order valence-corrected chi connectivity index (χ4v) is 4.42. The fourth-order valence-electron chi connectivity index (χ4n) is 3.87. The topological polar surface area (TPSA) is 84.3 Å². The first-order chi connectivity index (χ1) is 14.9. The first-order valence-corrected chi connectivity index (χ1v) is 11.1. The molecule has 8 heteroatoms. The Morgan fingerprint density at radius 2 is 2.03 bits per heavy atom. The van der Waals surface area contributed by atoms with Crippen molar-refractivity contribution in [1.82, 2.24) is 14.5 Å². The van der Waals surface area contributed by atoms with Crippen LogP contribution in [0.2, 0.25) is 0 Å². The van der Waals surface area contributed by atoms with Crippen LogP contribution >= 0.6 is 11.3 Å². The van der Waals surface area contributed by atoms with Gasteiger partial charge in [-0.05, 0) is 49.4 Å². The molecule has 3 heterocycles. The van der Waals surface area contributed by atoms with Gasteiger partial charge in [0.1, 0.15) is 6.54 Å². The predicted octanol–water partition coefficient (Wildman–Crippen LogP) is 3.54. The molecular weight excluding hydrogens is 412 g/mol. The predicted molar refractivity (Wildman–Crippen MR) is 120 cm³/mol. The summed E-state index contributed by atoms with van der Waals surface area (Å²) in [6.07, 6.45) is 4.90. The van der Waals surface area contributed by atoms with E-state index in [1.807, 2.05) is 4.90 Å². The Balaban J connectivity index is 1.53. The van der Waals surface area contributed by atoms with Gasteiger partial charge in [0, 0.05) is 30.4 Å². The zero-order valence-electron chi connectivity index (χ0n) is 17.5. The number of likely N-dealkylation sites (tertiary alicyclic amines) is 1. The summed E-state index contributed by atoms with van der Waals surface area (Å²) in [6.45, 7) is 4.64. The molecule has 1 N–H and O–H groups in total. The quantitative estimate of drug-likeness (QED) is 0.663. The molecule has 0 aliphatic carbocycles. The van der Waals surface area contributed by atoms with E-state index in [1.54, 1.807) is 11.6 Å². The van der Waals surface area contributed by atoms with Crippen molar-refractivity contribution >= 4 is 28.3 Å². The second-order valence-corrected chi connectivity index (χ2v) is 8.66. The SMILES string of the molecule is Cc1ccc(C2CCCN2C(=O)c2ccc(=O)n(CC(=O)Nc3nccs3)c2)cc1C. The standard InChI is InChI=1S/C23H24N4O3S/c1-15-5-6-17(12-16(15)2)19-4-3-10-27(19)22(30)18-7-8-21(29)26(13-18)14-20(28)25-23-24-9-11-31-23/h5-9,11-13,19H,3-4,10,14H2,1-2H3,(H,24,25,28). The zero-order chi connectivity index (χ0) is 22.0. The highest BCUT2D eigenvalue weighted by atomic mass is 32.1. The number of nitrogens with one attached hydrogen (secondary N) is 1. The number of amides is 2. The van der Waals surface area contributed by atoms with Gasteiger partial charge in [0.15, 0.2) is 5.13 Å². The van der Waals surface area contributed by atoms with E-state index in [0.717, 1.165) is 18.4 Å². The van der Waals surface area contributed by atoms with E-state index in [0.29, 0.717) is 17.2 Å². The molecule has 0 saturated carbocycles. The summed E-state index contributed by atoms with van der Waals surface area (Å²) >= 11 is 1.30. The van der Waals surface area contributed by atoms with E-state index >= 15 is 0 Å². The lowest BCUT2D eigenvalue weighted by Crippen LogP contribution is -2.33. The van der Waals surface area contributed by atoms with Crippen molar-refractivity contribution in [1.29, 1.82) is 0 Å². The van der Waals surface area contributed by atoms with Gasteiger partial charge in [0.25, 0.3) is 11.5 Å². The molecule has 1 saturated heterocycles. The van der Waals surface area contributed by atoms with Gasteiger partial charge in [-0.3, -0.25) is 14.4 Å². The van der Waals surface area contributed by atoms with Crippen LogP contribution in [0.4, 0.5) is 5.13 Å². The molecule has 1 aliphatic rings. The number of carbonyl (C=O) groups excluding carboxylic acids is 2. The van der Waals surface area contributed by atoms with Crippen molar-refractivity contribution in [3.63, 3.8) is 0 Å². The fraction of sp³-hybridized carbons (Fsp3) is 0.304. The zero-order valence-corrected chi connectivity index (χ0v) is 18.3. The van der Waals surface area contributed by atoms with Crippen LogP contribution < -0.4 is 10.9 Å². The summed E-state index contributed by atoms with van der Waals surface area (Å²) in [5.41, 5.74) is 3.62. The summed E-state index contributed by atoms with van der Waals surface area (Å²) in [6, 6.07) is 9.21. The minimum Gasteiger partial charge on any atom is -0.332 e. The van der Waals surface area contributed by atoms with Gasteiger partial charge in [-0.25, -0.2) is 4.98 Å². The van der Waals surface area contributed by atoms with E-state index in [1.165, 1.54) is 45.4 Å². The Labute approximate surface area is 184 Å². The van der Waals surface area contributed by atoms with Gasteiger partial charge in [0.05, 0.1) is 11.6 Å². The average Bonchev–Trinajstić information content (AvgIpc) is 3.43. The molecule has 0 radical (unpaired) electrons. The molecule has 0 bridgehead atoms. The summed E-state index contributed by atoms with van der Waals surface area (Å²) < 4.78 is 1.26. The third-order valence-electron chi connectivity index (χ3n) is 5.65. The number of carbonyl (C=O) groups is 2. The number of aryl methyl sites for hydroxylation is 2. The Hall–Kier alpha value is -3.26. The third-order valence-corrected chi connectivity index (χ3v) is 6.34. The lowest BCUT2D eigenvalue weighted by molar-refractivity contribution is -0.116. The largest absolute Gasteiger partial charge is 0.332 e. The van der Waals surface area contributed by atoms with Crippen molar-refractivity contribution in [2.75, 3.05) is 11.9 Å². The lowest BCUT2D eigenvalue weighted by atomic mass is 9.99. The highest BCUT2D eigenvalue weighted by Gasteiger charge is 2.31. The minimum absolute atomic E-state index is 0.0142. The number of aromatic nitrogens is 2. The van der Waals surface area contributed by atoms with E-state index in [2.05, 4.69) is 42.3 Å². The maximum Gasteiger partial charge on any atom is 0.255 e. The second kappa shape index (κ2) is 8.85. The minimum atomic E-state index is -0.365. The van der Waals surface area contributed by atoms with Crippen molar-refractivity contribution in [2.24, 2.45) is 0 Å². The van der Waals surface area contributed by atoms with Crippen LogP contribution in [0.15, 0.2) is 52.9 Å². The summed E-state index contributed by atoms with van der Waals surface area (Å²) in [4.78, 5) is 43.7. The second-order valence-electron chi connectivity index (χ2n) is 7.77. The Morgan fingerprint density at radius 1 is 1.19 bits per heavy atom. The smallest absolute Gasteiger partial charge is 0.255 e. The summed E-state index contributed by atoms with van der Waals surface area (Å²) in [5.74, 6) is -0.495. The van der Waals surface area contributed by atoms with E-state index < -0.39 is 0 Å². The number of benzene rings is 1. The monoisotopic (exact) mass is 436 g/mol. The van der Waals surface area contributed by atoms with Gasteiger partial charge >= 0.3 is 0 Å². The van der Waals surface area contributed by atoms with Gasteiger partial charge in [-0.15, -0.1) is 11.3 Å². The normalized spacial score (nSPS) is 15.8. The van der Waals surface area contributed by atoms with Crippen LogP contribution in [-0.4, -0.2) is 32.8 Å². The average molecular weight is 437 g/mol. The van der Waals surface area contributed by atoms with E-state index in [-0.39, 0.29) is 30.0 Å². The van der Waals surface area contributed by atoms with E-state index in [4.69, 9.17) is 0 Å². The summed E-state index contributed by atoms with van der Waals surface area (Å²) in [7, 11) is 0. The maximum absolute atomic E-state index is 13.3. The molecule has 160 valence electrons. The number of rotatable bonds is 5. The van der Waals surface area contributed by atoms with Crippen molar-refractivity contribution in [2.45, 2.75) is 39.3 Å². The van der Waals surface area contributed by atoms with Crippen LogP contribution in [-0.2, 0) is 11.3 Å². The van der Waals surface area contributed by atoms with Gasteiger partial charge in [-0.2, -0.15) is 0 Å². The molecule has 4 rings (SSSR count). The molecular formula is C23H24N4O3S. The third kappa shape index (κ3) is 4.59. The Bertz CT molecular complexity index is 1170. The molecule has 2 amide bonds. The van der Waals surface area contributed by atoms with Crippen molar-refractivity contribution in [3.8, 4) is 0 Å². The molecule has 0 spiro atoms. The molecule has 31 heavy (non-hydrogen) atoms. The van der Waals surface area contributed by atoms with Crippen LogP contribution in [0.1, 0.15) is 45.9 Å².